The van der Waals surface area contributed by atoms with E-state index in [9.17, 15) is 4.79 Å². The molecule has 3 nitrogen and oxygen atoms in total. The Hall–Kier alpha value is -0.510. The number of hydrogen-bond donors (Lipinski definition) is 1. The van der Waals surface area contributed by atoms with Crippen molar-refractivity contribution in [3.05, 3.63) is 0 Å². The number of amides is 1. The van der Waals surface area contributed by atoms with E-state index >= 15 is 0 Å². The van der Waals surface area contributed by atoms with Gasteiger partial charge >= 0.3 is 0 Å². The van der Waals surface area contributed by atoms with Crippen molar-refractivity contribution in [3.63, 3.8) is 0 Å². The molecule has 1 N–H and O–H groups in total. The zero-order chi connectivity index (χ0) is 6.53. The Balaban J connectivity index is 2.30. The number of carbonyl (C=O) groups excluding carboxylic acids is 1. The van der Waals surface area contributed by atoms with Crippen molar-refractivity contribution >= 4 is 23.9 Å². The van der Waals surface area contributed by atoms with Crippen molar-refractivity contribution in [3.8, 4) is 0 Å². The Morgan fingerprint density at radius 1 is 1.78 bits per heavy atom. The fraction of sp³-hybridized carbons (Fsp3) is 0.600. The summed E-state index contributed by atoms with van der Waals surface area (Å²) in [6, 6.07) is 0. The number of hydrogen-bond acceptors (Lipinski definition) is 3. The van der Waals surface area contributed by atoms with Gasteiger partial charge in [0, 0.05) is 11.5 Å². The Morgan fingerprint density at radius 2 is 2.67 bits per heavy atom. The Labute approximate surface area is 57.9 Å². The van der Waals surface area contributed by atoms with Gasteiger partial charge in [-0.1, -0.05) is 0 Å². The van der Waals surface area contributed by atoms with Gasteiger partial charge in [-0.2, -0.15) is 16.9 Å². The van der Waals surface area contributed by atoms with Crippen LogP contribution in [0.1, 0.15) is 6.42 Å². The minimum atomic E-state index is 0.593. The largest absolute Gasteiger partial charge is 0.277 e. The number of nitrogens with one attached hydrogen (secondary N) is 1. The molecule has 1 saturated heterocycles. The normalized spacial score (nSPS) is 22.4. The first kappa shape index (κ1) is 6.61. The van der Waals surface area contributed by atoms with Gasteiger partial charge in [0.05, 0.1) is 0 Å². The van der Waals surface area contributed by atoms with Gasteiger partial charge in [-0.05, 0) is 12.2 Å². The van der Waals surface area contributed by atoms with Crippen LogP contribution in [-0.4, -0.2) is 23.6 Å². The summed E-state index contributed by atoms with van der Waals surface area (Å²) in [5.74, 6) is 2.11. The van der Waals surface area contributed by atoms with Gasteiger partial charge in [-0.25, -0.2) is 5.43 Å². The van der Waals surface area contributed by atoms with Crippen molar-refractivity contribution in [2.45, 2.75) is 6.42 Å². The third-order valence-electron chi connectivity index (χ3n) is 1.08. The van der Waals surface area contributed by atoms with E-state index in [4.69, 9.17) is 0 Å². The number of nitrogens with zero attached hydrogens (tertiary/aromatic N) is 1. The van der Waals surface area contributed by atoms with Gasteiger partial charge in [0.25, 0.3) is 0 Å². The quantitative estimate of drug-likeness (QED) is 0.445. The van der Waals surface area contributed by atoms with E-state index < -0.39 is 0 Å². The minimum absolute atomic E-state index is 0.593. The van der Waals surface area contributed by atoms with Gasteiger partial charge in [0.1, 0.15) is 0 Å². The molecule has 1 rings (SSSR count). The first-order valence-electron chi connectivity index (χ1n) is 2.76. The van der Waals surface area contributed by atoms with Gasteiger partial charge in [-0.15, -0.1) is 0 Å². The Kier molecular flexibility index (Phi) is 2.57. The summed E-state index contributed by atoms with van der Waals surface area (Å²) >= 11 is 1.85. The SMILES string of the molecule is O=CN/N=C1\CCSC1. The van der Waals surface area contributed by atoms with Gasteiger partial charge < -0.3 is 0 Å². The zero-order valence-corrected chi connectivity index (χ0v) is 5.78. The first-order chi connectivity index (χ1) is 4.43. The lowest BCUT2D eigenvalue weighted by atomic mass is 10.3. The molecule has 0 unspecified atom stereocenters. The fourth-order valence-corrected chi connectivity index (χ4v) is 1.63. The molecule has 1 heterocycles. The lowest BCUT2D eigenvalue weighted by Gasteiger charge is -1.89. The van der Waals surface area contributed by atoms with Crippen LogP contribution < -0.4 is 5.43 Å². The molecule has 1 fully saturated rings. The Morgan fingerprint density at radius 3 is 3.22 bits per heavy atom. The molecule has 0 aromatic carbocycles. The third kappa shape index (κ3) is 2.05. The van der Waals surface area contributed by atoms with Crippen molar-refractivity contribution in [1.82, 2.24) is 5.43 Å². The molecule has 0 aromatic rings. The molecule has 1 aliphatic rings. The average Bonchev–Trinajstić information content (AvgIpc) is 2.34. The molecule has 0 spiro atoms. The molecule has 0 atom stereocenters. The van der Waals surface area contributed by atoms with Gasteiger partial charge in [0.2, 0.25) is 6.41 Å². The predicted octanol–water partition coefficient (Wildman–Crippen LogP) is 0.225. The van der Waals surface area contributed by atoms with E-state index in [2.05, 4.69) is 10.5 Å². The van der Waals surface area contributed by atoms with Crippen LogP contribution >= 0.6 is 11.8 Å². The lowest BCUT2D eigenvalue weighted by Crippen LogP contribution is -2.06. The van der Waals surface area contributed by atoms with E-state index in [1.165, 1.54) is 0 Å². The van der Waals surface area contributed by atoms with Gasteiger partial charge in [0.15, 0.2) is 0 Å². The number of carbonyl (C=O) groups is 1. The second-order valence-corrected chi connectivity index (χ2v) is 2.83. The van der Waals surface area contributed by atoms with Crippen molar-refractivity contribution in [2.75, 3.05) is 11.5 Å². The maximum atomic E-state index is 9.74. The maximum Gasteiger partial charge on any atom is 0.227 e. The summed E-state index contributed by atoms with van der Waals surface area (Å²) in [7, 11) is 0. The van der Waals surface area contributed by atoms with E-state index in [0.717, 1.165) is 23.6 Å². The van der Waals surface area contributed by atoms with E-state index in [0.29, 0.717) is 6.41 Å². The predicted molar refractivity (Wildman–Crippen MR) is 38.6 cm³/mol. The van der Waals surface area contributed by atoms with Gasteiger partial charge in [-0.3, -0.25) is 4.79 Å². The van der Waals surface area contributed by atoms with E-state index in [1.807, 2.05) is 11.8 Å². The van der Waals surface area contributed by atoms with Crippen LogP contribution in [0.15, 0.2) is 5.10 Å². The number of thioether (sulfide) groups is 1. The first-order valence-corrected chi connectivity index (χ1v) is 3.91. The molecule has 0 saturated carbocycles. The highest BCUT2D eigenvalue weighted by Crippen LogP contribution is 2.13. The fourth-order valence-electron chi connectivity index (χ4n) is 0.658. The van der Waals surface area contributed by atoms with Crippen LogP contribution in [0.2, 0.25) is 0 Å². The molecule has 9 heavy (non-hydrogen) atoms. The van der Waals surface area contributed by atoms with Crippen LogP contribution in [0, 0.1) is 0 Å². The van der Waals surface area contributed by atoms with Crippen LogP contribution in [0.5, 0.6) is 0 Å². The highest BCUT2D eigenvalue weighted by Gasteiger charge is 2.07. The van der Waals surface area contributed by atoms with Crippen molar-refractivity contribution < 1.29 is 4.79 Å². The van der Waals surface area contributed by atoms with Crippen molar-refractivity contribution in [1.29, 1.82) is 0 Å². The third-order valence-corrected chi connectivity index (χ3v) is 2.11. The maximum absolute atomic E-state index is 9.74. The summed E-state index contributed by atoms with van der Waals surface area (Å²) < 4.78 is 0. The van der Waals surface area contributed by atoms with Crippen molar-refractivity contribution in [2.24, 2.45) is 5.10 Å². The van der Waals surface area contributed by atoms with Crippen LogP contribution in [0.4, 0.5) is 0 Å². The molecule has 0 radical (unpaired) electrons. The summed E-state index contributed by atoms with van der Waals surface area (Å²) in [6.07, 6.45) is 1.61. The molecule has 0 bridgehead atoms. The highest BCUT2D eigenvalue weighted by molar-refractivity contribution is 8.00. The zero-order valence-electron chi connectivity index (χ0n) is 4.96. The van der Waals surface area contributed by atoms with Crippen LogP contribution in [-0.2, 0) is 4.79 Å². The Bertz CT molecular complexity index is 127. The average molecular weight is 144 g/mol. The summed E-state index contributed by atoms with van der Waals surface area (Å²) in [5, 5.41) is 3.82. The molecule has 50 valence electrons. The lowest BCUT2D eigenvalue weighted by molar-refractivity contribution is -0.109. The molecule has 4 heteroatoms. The second kappa shape index (κ2) is 3.50. The topological polar surface area (TPSA) is 41.5 Å². The molecule has 1 amide bonds. The van der Waals surface area contributed by atoms with E-state index in [-0.39, 0.29) is 0 Å². The number of hydrazone groups is 1. The molecular formula is C5H8N2OS. The van der Waals surface area contributed by atoms with Crippen LogP contribution in [0.3, 0.4) is 0 Å². The standard InChI is InChI=1S/C5H8N2OS/c8-4-6-7-5-1-2-9-3-5/h4H,1-3H2,(H,6,8)/b7-5+. The smallest absolute Gasteiger partial charge is 0.227 e. The molecule has 0 aliphatic carbocycles. The molecule has 1 aliphatic heterocycles. The summed E-state index contributed by atoms with van der Waals surface area (Å²) in [6.45, 7) is 0. The molecule has 0 aromatic heterocycles. The summed E-state index contributed by atoms with van der Waals surface area (Å²) in [4.78, 5) is 9.74. The highest BCUT2D eigenvalue weighted by atomic mass is 32.2. The van der Waals surface area contributed by atoms with E-state index in [1.54, 1.807) is 0 Å². The minimum Gasteiger partial charge on any atom is -0.277 e. The molecular weight excluding hydrogens is 136 g/mol. The summed E-state index contributed by atoms with van der Waals surface area (Å²) in [5.41, 5.74) is 3.37. The number of rotatable bonds is 2. The van der Waals surface area contributed by atoms with Crippen LogP contribution in [0.25, 0.3) is 0 Å². The second-order valence-electron chi connectivity index (χ2n) is 1.73. The monoisotopic (exact) mass is 144 g/mol.